The van der Waals surface area contributed by atoms with Crippen LogP contribution in [-0.2, 0) is 0 Å². The van der Waals surface area contributed by atoms with E-state index in [4.69, 9.17) is 11.6 Å². The summed E-state index contributed by atoms with van der Waals surface area (Å²) in [5, 5.41) is 4.42. The number of hydrogen-bond acceptors (Lipinski definition) is 1. The Bertz CT molecular complexity index is 549. The van der Waals surface area contributed by atoms with Crippen LogP contribution in [-0.4, -0.2) is 0 Å². The zero-order valence-electron chi connectivity index (χ0n) is 12.4. The summed E-state index contributed by atoms with van der Waals surface area (Å²) in [6.07, 6.45) is 1.09. The van der Waals surface area contributed by atoms with Crippen LogP contribution in [0, 0.1) is 12.8 Å². The predicted octanol–water partition coefficient (Wildman–Crippen LogP) is 5.85. The molecule has 0 fully saturated rings. The van der Waals surface area contributed by atoms with Crippen molar-refractivity contribution in [2.45, 2.75) is 33.2 Å². The van der Waals surface area contributed by atoms with Crippen LogP contribution in [0.1, 0.15) is 37.4 Å². The van der Waals surface area contributed by atoms with Crippen molar-refractivity contribution in [1.82, 2.24) is 0 Å². The lowest BCUT2D eigenvalue weighted by Gasteiger charge is -2.23. The first-order valence-corrected chi connectivity index (χ1v) is 7.51. The summed E-state index contributed by atoms with van der Waals surface area (Å²) in [5.74, 6) is 0.632. The van der Waals surface area contributed by atoms with Crippen molar-refractivity contribution in [2.75, 3.05) is 5.32 Å². The van der Waals surface area contributed by atoms with Crippen LogP contribution in [0.4, 0.5) is 5.69 Å². The highest BCUT2D eigenvalue weighted by molar-refractivity contribution is 6.30. The fourth-order valence-corrected chi connectivity index (χ4v) is 2.54. The minimum absolute atomic E-state index is 0.313. The molecule has 0 saturated carbocycles. The Labute approximate surface area is 127 Å². The van der Waals surface area contributed by atoms with Gasteiger partial charge in [-0.1, -0.05) is 61.8 Å². The molecule has 1 unspecified atom stereocenters. The van der Waals surface area contributed by atoms with Crippen LogP contribution in [0.2, 0.25) is 5.02 Å². The van der Waals surface area contributed by atoms with Crippen molar-refractivity contribution in [2.24, 2.45) is 5.92 Å². The Kier molecular flexibility index (Phi) is 5.08. The maximum atomic E-state index is 6.11. The van der Waals surface area contributed by atoms with Gasteiger partial charge in [0.05, 0.1) is 6.04 Å². The van der Waals surface area contributed by atoms with Gasteiger partial charge in [-0.05, 0) is 42.5 Å². The smallest absolute Gasteiger partial charge is 0.0516 e. The Balaban J connectivity index is 2.26. The first kappa shape index (κ1) is 14.9. The van der Waals surface area contributed by atoms with Gasteiger partial charge in [0.25, 0.3) is 0 Å². The molecule has 0 saturated heterocycles. The van der Waals surface area contributed by atoms with E-state index in [0.717, 1.165) is 17.1 Å². The lowest BCUT2D eigenvalue weighted by molar-refractivity contribution is 0.531. The molecule has 0 aliphatic rings. The van der Waals surface area contributed by atoms with E-state index in [9.17, 15) is 0 Å². The molecule has 1 nitrogen and oxygen atoms in total. The Morgan fingerprint density at radius 3 is 2.40 bits per heavy atom. The van der Waals surface area contributed by atoms with E-state index >= 15 is 0 Å². The summed E-state index contributed by atoms with van der Waals surface area (Å²) >= 11 is 6.11. The number of halogens is 1. The lowest BCUT2D eigenvalue weighted by Crippen LogP contribution is -2.14. The summed E-state index contributed by atoms with van der Waals surface area (Å²) in [6.45, 7) is 6.61. The first-order valence-electron chi connectivity index (χ1n) is 7.14. The third-order valence-electron chi connectivity index (χ3n) is 3.44. The molecule has 0 aromatic heterocycles. The fourth-order valence-electron chi connectivity index (χ4n) is 2.37. The average Bonchev–Trinajstić information content (AvgIpc) is 2.42. The van der Waals surface area contributed by atoms with Crippen LogP contribution in [0.25, 0.3) is 0 Å². The number of rotatable bonds is 5. The van der Waals surface area contributed by atoms with Crippen molar-refractivity contribution < 1.29 is 0 Å². The summed E-state index contributed by atoms with van der Waals surface area (Å²) in [6, 6.07) is 16.9. The van der Waals surface area contributed by atoms with E-state index in [0.29, 0.717) is 12.0 Å². The highest BCUT2D eigenvalue weighted by atomic mass is 35.5. The number of aryl methyl sites for hydroxylation is 1. The zero-order chi connectivity index (χ0) is 14.5. The summed E-state index contributed by atoms with van der Waals surface area (Å²) in [4.78, 5) is 0. The quantitative estimate of drug-likeness (QED) is 0.727. The standard InChI is InChI=1S/C18H22ClN/c1-13(2)11-18(15-7-5-4-6-8-15)20-17-12-16(19)10-9-14(17)3/h4-10,12-13,18,20H,11H2,1-3H3. The SMILES string of the molecule is Cc1ccc(Cl)cc1NC(CC(C)C)c1ccccc1. The molecule has 0 radical (unpaired) electrons. The van der Waals surface area contributed by atoms with Crippen molar-refractivity contribution >= 4 is 17.3 Å². The molecule has 2 aromatic carbocycles. The van der Waals surface area contributed by atoms with Gasteiger partial charge in [-0.15, -0.1) is 0 Å². The molecule has 2 rings (SSSR count). The molecule has 20 heavy (non-hydrogen) atoms. The van der Waals surface area contributed by atoms with Crippen LogP contribution >= 0.6 is 11.6 Å². The number of benzene rings is 2. The van der Waals surface area contributed by atoms with Gasteiger partial charge in [0.15, 0.2) is 0 Å². The molecular weight excluding hydrogens is 266 g/mol. The maximum Gasteiger partial charge on any atom is 0.0516 e. The molecule has 106 valence electrons. The van der Waals surface area contributed by atoms with E-state index in [1.165, 1.54) is 11.1 Å². The van der Waals surface area contributed by atoms with Gasteiger partial charge in [-0.25, -0.2) is 0 Å². The largest absolute Gasteiger partial charge is 0.378 e. The molecule has 1 atom stereocenters. The minimum Gasteiger partial charge on any atom is -0.378 e. The molecule has 0 amide bonds. The van der Waals surface area contributed by atoms with Gasteiger partial charge < -0.3 is 5.32 Å². The molecule has 0 aliphatic heterocycles. The Morgan fingerprint density at radius 1 is 1.05 bits per heavy atom. The Hall–Kier alpha value is -1.47. The van der Waals surface area contributed by atoms with Gasteiger partial charge in [-0.3, -0.25) is 0 Å². The van der Waals surface area contributed by atoms with E-state index in [1.807, 2.05) is 12.1 Å². The highest BCUT2D eigenvalue weighted by Crippen LogP contribution is 2.29. The van der Waals surface area contributed by atoms with Gasteiger partial charge in [-0.2, -0.15) is 0 Å². The predicted molar refractivity (Wildman–Crippen MR) is 88.4 cm³/mol. The molecular formula is C18H22ClN. The summed E-state index contributed by atoms with van der Waals surface area (Å²) in [5.41, 5.74) is 3.66. The van der Waals surface area contributed by atoms with Crippen LogP contribution in [0.15, 0.2) is 48.5 Å². The van der Waals surface area contributed by atoms with E-state index in [1.54, 1.807) is 0 Å². The van der Waals surface area contributed by atoms with Crippen LogP contribution < -0.4 is 5.32 Å². The second-order valence-electron chi connectivity index (χ2n) is 5.70. The number of hydrogen-bond donors (Lipinski definition) is 1. The van der Waals surface area contributed by atoms with Gasteiger partial charge in [0, 0.05) is 10.7 Å². The van der Waals surface area contributed by atoms with Gasteiger partial charge >= 0.3 is 0 Å². The van der Waals surface area contributed by atoms with Crippen molar-refractivity contribution in [1.29, 1.82) is 0 Å². The molecule has 0 heterocycles. The summed E-state index contributed by atoms with van der Waals surface area (Å²) in [7, 11) is 0. The van der Waals surface area contributed by atoms with E-state index < -0.39 is 0 Å². The minimum atomic E-state index is 0.313. The fraction of sp³-hybridized carbons (Fsp3) is 0.333. The van der Waals surface area contributed by atoms with E-state index in [2.05, 4.69) is 62.5 Å². The maximum absolute atomic E-state index is 6.11. The zero-order valence-corrected chi connectivity index (χ0v) is 13.1. The second kappa shape index (κ2) is 6.81. The number of nitrogens with one attached hydrogen (secondary N) is 1. The topological polar surface area (TPSA) is 12.0 Å². The highest BCUT2D eigenvalue weighted by Gasteiger charge is 2.14. The summed E-state index contributed by atoms with van der Waals surface area (Å²) < 4.78 is 0. The third-order valence-corrected chi connectivity index (χ3v) is 3.67. The lowest BCUT2D eigenvalue weighted by atomic mass is 9.96. The molecule has 0 aliphatic carbocycles. The first-order chi connectivity index (χ1) is 9.56. The normalized spacial score (nSPS) is 12.4. The Morgan fingerprint density at radius 2 is 1.75 bits per heavy atom. The average molecular weight is 288 g/mol. The second-order valence-corrected chi connectivity index (χ2v) is 6.13. The molecule has 2 heteroatoms. The molecule has 0 bridgehead atoms. The van der Waals surface area contributed by atoms with Gasteiger partial charge in [0.2, 0.25) is 0 Å². The van der Waals surface area contributed by atoms with E-state index in [-0.39, 0.29) is 0 Å². The van der Waals surface area contributed by atoms with Gasteiger partial charge in [0.1, 0.15) is 0 Å². The molecule has 1 N–H and O–H groups in total. The number of anilines is 1. The molecule has 0 spiro atoms. The van der Waals surface area contributed by atoms with Crippen molar-refractivity contribution in [3.8, 4) is 0 Å². The van der Waals surface area contributed by atoms with Crippen LogP contribution in [0.3, 0.4) is 0 Å². The third kappa shape index (κ3) is 4.01. The van der Waals surface area contributed by atoms with Crippen molar-refractivity contribution in [3.05, 3.63) is 64.7 Å². The van der Waals surface area contributed by atoms with Crippen molar-refractivity contribution in [3.63, 3.8) is 0 Å². The van der Waals surface area contributed by atoms with Crippen LogP contribution in [0.5, 0.6) is 0 Å². The monoisotopic (exact) mass is 287 g/mol. The molecule has 2 aromatic rings.